The van der Waals surface area contributed by atoms with E-state index in [1.807, 2.05) is 0 Å². The monoisotopic (exact) mass is 330 g/mol. The SMILES string of the molecule is O=C(O)c1ccc(N/N=C/c2c(F)c(F)c(F)c(F)c2F)cc1. The summed E-state index contributed by atoms with van der Waals surface area (Å²) in [6.45, 7) is 0. The van der Waals surface area contributed by atoms with Crippen molar-refractivity contribution in [2.45, 2.75) is 0 Å². The maximum absolute atomic E-state index is 13.4. The molecule has 4 nitrogen and oxygen atoms in total. The van der Waals surface area contributed by atoms with Crippen molar-refractivity contribution in [2.24, 2.45) is 5.10 Å². The first kappa shape index (κ1) is 16.4. The van der Waals surface area contributed by atoms with Crippen LogP contribution in [0.5, 0.6) is 0 Å². The number of carbonyl (C=O) groups is 1. The third kappa shape index (κ3) is 3.28. The molecule has 0 aliphatic rings. The molecule has 0 atom stereocenters. The van der Waals surface area contributed by atoms with E-state index in [-0.39, 0.29) is 11.3 Å². The van der Waals surface area contributed by atoms with Gasteiger partial charge in [-0.3, -0.25) is 5.43 Å². The summed E-state index contributed by atoms with van der Waals surface area (Å²) in [5.41, 5.74) is 1.32. The minimum absolute atomic E-state index is 0.000653. The first-order valence-electron chi connectivity index (χ1n) is 5.96. The molecule has 0 unspecified atom stereocenters. The number of hydrogen-bond acceptors (Lipinski definition) is 3. The van der Waals surface area contributed by atoms with Crippen LogP contribution in [0.4, 0.5) is 27.6 Å². The zero-order valence-corrected chi connectivity index (χ0v) is 11.1. The van der Waals surface area contributed by atoms with Gasteiger partial charge in [0, 0.05) is 0 Å². The molecule has 0 amide bonds. The Balaban J connectivity index is 2.23. The fourth-order valence-corrected chi connectivity index (χ4v) is 1.59. The number of anilines is 1. The van der Waals surface area contributed by atoms with Gasteiger partial charge in [-0.15, -0.1) is 0 Å². The van der Waals surface area contributed by atoms with Crippen LogP contribution in [0.1, 0.15) is 15.9 Å². The number of benzene rings is 2. The van der Waals surface area contributed by atoms with Crippen LogP contribution in [0.2, 0.25) is 0 Å². The van der Waals surface area contributed by atoms with Crippen LogP contribution < -0.4 is 5.43 Å². The van der Waals surface area contributed by atoms with Crippen LogP contribution in [0.3, 0.4) is 0 Å². The minimum atomic E-state index is -2.26. The maximum atomic E-state index is 13.4. The van der Waals surface area contributed by atoms with Gasteiger partial charge in [0.25, 0.3) is 0 Å². The quantitative estimate of drug-likeness (QED) is 0.296. The summed E-state index contributed by atoms with van der Waals surface area (Å²) in [6, 6.07) is 5.08. The molecule has 0 bridgehead atoms. The number of hydrogen-bond donors (Lipinski definition) is 2. The van der Waals surface area contributed by atoms with Crippen LogP contribution in [0.25, 0.3) is 0 Å². The third-order valence-corrected chi connectivity index (χ3v) is 2.76. The highest BCUT2D eigenvalue weighted by atomic mass is 19.2. The van der Waals surface area contributed by atoms with Gasteiger partial charge in [-0.25, -0.2) is 26.7 Å². The van der Waals surface area contributed by atoms with Crippen LogP contribution in [0, 0.1) is 29.1 Å². The van der Waals surface area contributed by atoms with Gasteiger partial charge in [0.05, 0.1) is 23.0 Å². The number of rotatable bonds is 4. The lowest BCUT2D eigenvalue weighted by atomic mass is 10.2. The predicted molar refractivity (Wildman–Crippen MR) is 70.8 cm³/mol. The lowest BCUT2D eigenvalue weighted by Crippen LogP contribution is -2.07. The van der Waals surface area contributed by atoms with E-state index in [9.17, 15) is 26.7 Å². The Labute approximate surface area is 125 Å². The number of nitrogens with one attached hydrogen (secondary N) is 1. The van der Waals surface area contributed by atoms with Gasteiger partial charge in [0.1, 0.15) is 0 Å². The largest absolute Gasteiger partial charge is 0.478 e. The molecule has 9 heteroatoms. The van der Waals surface area contributed by atoms with Crippen LogP contribution in [-0.2, 0) is 0 Å². The van der Waals surface area contributed by atoms with Crippen molar-refractivity contribution in [1.29, 1.82) is 0 Å². The lowest BCUT2D eigenvalue weighted by Gasteiger charge is -2.04. The summed E-state index contributed by atoms with van der Waals surface area (Å²) in [4.78, 5) is 10.6. The number of nitrogens with zero attached hydrogens (tertiary/aromatic N) is 1. The van der Waals surface area contributed by atoms with Crippen LogP contribution in [0.15, 0.2) is 29.4 Å². The summed E-state index contributed by atoms with van der Waals surface area (Å²) in [6.07, 6.45) is 0.432. The van der Waals surface area contributed by atoms with E-state index in [4.69, 9.17) is 5.11 Å². The second kappa shape index (κ2) is 6.42. The minimum Gasteiger partial charge on any atom is -0.478 e. The van der Waals surface area contributed by atoms with Gasteiger partial charge in [-0.2, -0.15) is 5.10 Å². The van der Waals surface area contributed by atoms with Crippen molar-refractivity contribution < 1.29 is 31.9 Å². The first-order chi connectivity index (χ1) is 10.8. The summed E-state index contributed by atoms with van der Waals surface area (Å²) in [7, 11) is 0. The van der Waals surface area contributed by atoms with Gasteiger partial charge in [-0.05, 0) is 24.3 Å². The van der Waals surface area contributed by atoms with E-state index in [1.54, 1.807) is 0 Å². The zero-order valence-electron chi connectivity index (χ0n) is 11.1. The molecule has 2 aromatic rings. The molecule has 120 valence electrons. The molecule has 0 radical (unpaired) electrons. The van der Waals surface area contributed by atoms with Gasteiger partial charge >= 0.3 is 5.97 Å². The molecule has 2 rings (SSSR count). The zero-order chi connectivity index (χ0) is 17.1. The predicted octanol–water partition coefficient (Wildman–Crippen LogP) is 3.53. The Morgan fingerprint density at radius 1 is 0.913 bits per heavy atom. The summed E-state index contributed by atoms with van der Waals surface area (Å²) in [5.74, 6) is -11.6. The van der Waals surface area contributed by atoms with E-state index in [0.717, 1.165) is 0 Å². The van der Waals surface area contributed by atoms with Gasteiger partial charge < -0.3 is 5.11 Å². The Morgan fingerprint density at radius 2 is 1.39 bits per heavy atom. The smallest absolute Gasteiger partial charge is 0.335 e. The molecule has 0 aliphatic carbocycles. The lowest BCUT2D eigenvalue weighted by molar-refractivity contribution is 0.0697. The van der Waals surface area contributed by atoms with Crippen molar-refractivity contribution in [3.05, 3.63) is 64.5 Å². The molecule has 0 heterocycles. The molecule has 2 N–H and O–H groups in total. The van der Waals surface area contributed by atoms with Crippen molar-refractivity contribution in [3.63, 3.8) is 0 Å². The van der Waals surface area contributed by atoms with E-state index in [2.05, 4.69) is 10.5 Å². The molecule has 0 aromatic heterocycles. The third-order valence-electron chi connectivity index (χ3n) is 2.76. The van der Waals surface area contributed by atoms with Crippen molar-refractivity contribution >= 4 is 17.9 Å². The van der Waals surface area contributed by atoms with E-state index in [0.29, 0.717) is 6.21 Å². The number of hydrazone groups is 1. The fourth-order valence-electron chi connectivity index (χ4n) is 1.59. The average molecular weight is 330 g/mol. The molecule has 0 aliphatic heterocycles. The maximum Gasteiger partial charge on any atom is 0.335 e. The number of carboxylic acids is 1. The van der Waals surface area contributed by atoms with Crippen molar-refractivity contribution in [3.8, 4) is 0 Å². The van der Waals surface area contributed by atoms with Gasteiger partial charge in [0.2, 0.25) is 5.82 Å². The van der Waals surface area contributed by atoms with Gasteiger partial charge in [0.15, 0.2) is 23.3 Å². The van der Waals surface area contributed by atoms with E-state index < -0.39 is 40.6 Å². The summed E-state index contributed by atoms with van der Waals surface area (Å²) in [5, 5.41) is 12.1. The molecular formula is C14H7F5N2O2. The summed E-state index contributed by atoms with van der Waals surface area (Å²) >= 11 is 0. The molecule has 0 fully saturated rings. The summed E-state index contributed by atoms with van der Waals surface area (Å²) < 4.78 is 65.5. The first-order valence-corrected chi connectivity index (χ1v) is 5.96. The Morgan fingerprint density at radius 3 is 1.87 bits per heavy atom. The van der Waals surface area contributed by atoms with Crippen molar-refractivity contribution in [1.82, 2.24) is 0 Å². The Bertz CT molecular complexity index is 762. The standard InChI is InChI=1S/C14H7F5N2O2/c15-9-8(10(16)12(18)13(19)11(9)17)5-20-21-7-3-1-6(2-4-7)14(22)23/h1-5,21H,(H,22,23)/b20-5+. The highest BCUT2D eigenvalue weighted by molar-refractivity contribution is 5.88. The highest BCUT2D eigenvalue weighted by Gasteiger charge is 2.24. The molecular weight excluding hydrogens is 323 g/mol. The fraction of sp³-hybridized carbons (Fsp3) is 0. The number of aromatic carboxylic acids is 1. The molecule has 0 spiro atoms. The van der Waals surface area contributed by atoms with Crippen molar-refractivity contribution in [2.75, 3.05) is 5.43 Å². The van der Waals surface area contributed by atoms with Gasteiger partial charge in [-0.1, -0.05) is 0 Å². The normalized spacial score (nSPS) is 11.0. The number of carboxylic acid groups (broad SMARTS) is 1. The van der Waals surface area contributed by atoms with E-state index >= 15 is 0 Å². The Kier molecular flexibility index (Phi) is 4.58. The average Bonchev–Trinajstić information content (AvgIpc) is 2.54. The highest BCUT2D eigenvalue weighted by Crippen LogP contribution is 2.21. The molecule has 2 aromatic carbocycles. The molecule has 0 saturated carbocycles. The Hall–Kier alpha value is -2.97. The van der Waals surface area contributed by atoms with Crippen LogP contribution in [-0.4, -0.2) is 17.3 Å². The number of halogens is 5. The molecule has 23 heavy (non-hydrogen) atoms. The second-order valence-corrected chi connectivity index (χ2v) is 4.24. The second-order valence-electron chi connectivity index (χ2n) is 4.24. The van der Waals surface area contributed by atoms with Crippen LogP contribution >= 0.6 is 0 Å². The van der Waals surface area contributed by atoms with E-state index in [1.165, 1.54) is 24.3 Å². The molecule has 0 saturated heterocycles. The topological polar surface area (TPSA) is 61.7 Å².